The van der Waals surface area contributed by atoms with E-state index in [2.05, 4.69) is 54.5 Å². The first-order valence-electron chi connectivity index (χ1n) is 14.4. The van der Waals surface area contributed by atoms with E-state index in [4.69, 9.17) is 0 Å². The summed E-state index contributed by atoms with van der Waals surface area (Å²) in [7, 11) is 0. The average molecular weight is 427 g/mol. The fourth-order valence-corrected chi connectivity index (χ4v) is 9.75. The predicted octanol–water partition coefficient (Wildman–Crippen LogP) is 9.69. The van der Waals surface area contributed by atoms with Crippen molar-refractivity contribution >= 4 is 0 Å². The van der Waals surface area contributed by atoms with E-state index in [0.717, 1.165) is 47.3 Å². The Balaban J connectivity index is 1.47. The summed E-state index contributed by atoms with van der Waals surface area (Å²) in [5, 5.41) is 0. The van der Waals surface area contributed by atoms with Crippen LogP contribution >= 0.6 is 0 Å². The molecular weight excluding hydrogens is 372 g/mol. The Hall–Kier alpha value is -0.260. The Morgan fingerprint density at radius 2 is 1.71 bits per heavy atom. The second-order valence-corrected chi connectivity index (χ2v) is 13.5. The maximum Gasteiger partial charge on any atom is -0.00851 e. The van der Waals surface area contributed by atoms with E-state index >= 15 is 0 Å². The molecule has 31 heavy (non-hydrogen) atoms. The molecule has 0 aromatic carbocycles. The lowest BCUT2D eigenvalue weighted by atomic mass is 9.46. The molecule has 0 heterocycles. The highest BCUT2D eigenvalue weighted by Gasteiger charge is 2.59. The van der Waals surface area contributed by atoms with Gasteiger partial charge in [0.25, 0.3) is 0 Å². The summed E-state index contributed by atoms with van der Waals surface area (Å²) in [5.74, 6) is 7.64. The van der Waals surface area contributed by atoms with Gasteiger partial charge in [-0.05, 0) is 116 Å². The minimum Gasteiger partial charge on any atom is -0.0845 e. The van der Waals surface area contributed by atoms with Crippen molar-refractivity contribution in [2.45, 2.75) is 126 Å². The molecule has 3 fully saturated rings. The van der Waals surface area contributed by atoms with Crippen LogP contribution in [0.2, 0.25) is 0 Å². The van der Waals surface area contributed by atoms with Crippen molar-refractivity contribution < 1.29 is 0 Å². The highest BCUT2D eigenvalue weighted by atomic mass is 14.6. The van der Waals surface area contributed by atoms with Crippen molar-refractivity contribution in [3.63, 3.8) is 0 Å². The van der Waals surface area contributed by atoms with Crippen LogP contribution in [0.4, 0.5) is 0 Å². The zero-order valence-electron chi connectivity index (χ0n) is 22.2. The summed E-state index contributed by atoms with van der Waals surface area (Å²) in [6.45, 7) is 17.8. The van der Waals surface area contributed by atoms with Crippen LogP contribution in [-0.4, -0.2) is 0 Å². The molecule has 4 aliphatic rings. The first-order valence-corrected chi connectivity index (χ1v) is 14.4. The number of allylic oxidation sites excluding steroid dienone is 2. The summed E-state index contributed by atoms with van der Waals surface area (Å²) >= 11 is 0. The Kier molecular flexibility index (Phi) is 7.07. The Morgan fingerprint density at radius 3 is 2.39 bits per heavy atom. The molecule has 4 aliphatic carbocycles. The molecule has 0 heteroatoms. The monoisotopic (exact) mass is 426 g/mol. The summed E-state index contributed by atoms with van der Waals surface area (Å²) in [4.78, 5) is 0. The Labute approximate surface area is 195 Å². The summed E-state index contributed by atoms with van der Waals surface area (Å²) in [6.07, 6.45) is 20.4. The summed E-state index contributed by atoms with van der Waals surface area (Å²) < 4.78 is 0. The second-order valence-electron chi connectivity index (χ2n) is 13.5. The lowest BCUT2D eigenvalue weighted by molar-refractivity contribution is -0.0530. The van der Waals surface area contributed by atoms with Crippen molar-refractivity contribution in [1.29, 1.82) is 0 Å². The van der Waals surface area contributed by atoms with Crippen LogP contribution in [0.25, 0.3) is 0 Å². The average Bonchev–Trinajstić information content (AvgIpc) is 3.10. The quantitative estimate of drug-likeness (QED) is 0.355. The van der Waals surface area contributed by atoms with Crippen molar-refractivity contribution in [2.75, 3.05) is 0 Å². The third-order valence-corrected chi connectivity index (χ3v) is 12.0. The topological polar surface area (TPSA) is 0 Å². The van der Waals surface area contributed by atoms with Crippen LogP contribution in [-0.2, 0) is 0 Å². The molecule has 9 atom stereocenters. The zero-order valence-corrected chi connectivity index (χ0v) is 22.2. The molecule has 0 nitrogen and oxygen atoms in total. The van der Waals surface area contributed by atoms with Gasteiger partial charge in [-0.2, -0.15) is 0 Å². The standard InChI is InChI=1S/C31H54/c1-8-23-16-18-30(6)25(20-23)12-13-26-28-15-14-27(31(28,7)19-17-29(26)30)22(5)10-11-24(9-2)21(3)4/h12,21-24,26-29H,8-11,13-20H2,1-7H3. The molecule has 0 aliphatic heterocycles. The van der Waals surface area contributed by atoms with Gasteiger partial charge in [0.1, 0.15) is 0 Å². The first-order chi connectivity index (χ1) is 14.7. The molecule has 0 spiro atoms. The molecule has 0 bridgehead atoms. The molecule has 0 aromatic heterocycles. The SMILES string of the molecule is CCC1CCC2(C)C(=CCC3C2CCC2(C)C(C(C)CCC(CC)C(C)C)CCC32)C1. The van der Waals surface area contributed by atoms with E-state index in [0.29, 0.717) is 10.8 Å². The van der Waals surface area contributed by atoms with Crippen molar-refractivity contribution in [1.82, 2.24) is 0 Å². The molecule has 9 unspecified atom stereocenters. The fourth-order valence-electron chi connectivity index (χ4n) is 9.75. The van der Waals surface area contributed by atoms with Crippen LogP contribution in [0.5, 0.6) is 0 Å². The molecule has 4 rings (SSSR count). The minimum atomic E-state index is 0.547. The number of rotatable bonds is 7. The van der Waals surface area contributed by atoms with Crippen molar-refractivity contribution in [2.24, 2.45) is 58.2 Å². The van der Waals surface area contributed by atoms with E-state index in [1.165, 1.54) is 77.0 Å². The largest absolute Gasteiger partial charge is 0.0845 e. The van der Waals surface area contributed by atoms with Gasteiger partial charge in [-0.3, -0.25) is 0 Å². The van der Waals surface area contributed by atoms with Gasteiger partial charge in [-0.1, -0.05) is 79.4 Å². The van der Waals surface area contributed by atoms with Crippen LogP contribution in [0.1, 0.15) is 126 Å². The van der Waals surface area contributed by atoms with Gasteiger partial charge in [-0.15, -0.1) is 0 Å². The van der Waals surface area contributed by atoms with E-state index in [-0.39, 0.29) is 0 Å². The highest BCUT2D eigenvalue weighted by Crippen LogP contribution is 2.67. The summed E-state index contributed by atoms with van der Waals surface area (Å²) in [6, 6.07) is 0. The van der Waals surface area contributed by atoms with Gasteiger partial charge in [-0.25, -0.2) is 0 Å². The molecule has 3 saturated carbocycles. The van der Waals surface area contributed by atoms with Gasteiger partial charge in [0.05, 0.1) is 0 Å². The van der Waals surface area contributed by atoms with Crippen LogP contribution in [0.3, 0.4) is 0 Å². The molecule has 0 saturated heterocycles. The van der Waals surface area contributed by atoms with E-state index in [1.54, 1.807) is 0 Å². The molecule has 0 aromatic rings. The summed E-state index contributed by atoms with van der Waals surface area (Å²) in [5.41, 5.74) is 3.06. The predicted molar refractivity (Wildman–Crippen MR) is 136 cm³/mol. The molecule has 178 valence electrons. The third kappa shape index (κ3) is 4.10. The maximum atomic E-state index is 2.78. The lowest BCUT2D eigenvalue weighted by Crippen LogP contribution is -2.50. The van der Waals surface area contributed by atoms with Gasteiger partial charge in [0.2, 0.25) is 0 Å². The molecular formula is C31H54. The Morgan fingerprint density at radius 1 is 0.935 bits per heavy atom. The van der Waals surface area contributed by atoms with E-state index < -0.39 is 0 Å². The lowest BCUT2D eigenvalue weighted by Gasteiger charge is -2.58. The van der Waals surface area contributed by atoms with Gasteiger partial charge in [0.15, 0.2) is 0 Å². The fraction of sp³-hybridized carbons (Fsp3) is 0.935. The van der Waals surface area contributed by atoms with Crippen LogP contribution in [0, 0.1) is 58.2 Å². The smallest absolute Gasteiger partial charge is 0.00851 e. The van der Waals surface area contributed by atoms with Crippen LogP contribution in [0.15, 0.2) is 11.6 Å². The van der Waals surface area contributed by atoms with Crippen molar-refractivity contribution in [3.8, 4) is 0 Å². The van der Waals surface area contributed by atoms with Gasteiger partial charge in [0, 0.05) is 0 Å². The minimum absolute atomic E-state index is 0.547. The van der Waals surface area contributed by atoms with Crippen molar-refractivity contribution in [3.05, 3.63) is 11.6 Å². The maximum absolute atomic E-state index is 2.78. The van der Waals surface area contributed by atoms with E-state index in [9.17, 15) is 0 Å². The molecule has 0 N–H and O–H groups in total. The zero-order chi connectivity index (χ0) is 22.4. The molecule has 0 radical (unpaired) electrons. The van der Waals surface area contributed by atoms with Gasteiger partial charge >= 0.3 is 0 Å². The Bertz CT molecular complexity index is 642. The number of fused-ring (bicyclic) bond motifs is 5. The highest BCUT2D eigenvalue weighted by molar-refractivity contribution is 5.25. The second kappa shape index (κ2) is 9.18. The van der Waals surface area contributed by atoms with Gasteiger partial charge < -0.3 is 0 Å². The number of hydrogen-bond donors (Lipinski definition) is 0. The number of hydrogen-bond acceptors (Lipinski definition) is 0. The van der Waals surface area contributed by atoms with E-state index in [1.807, 2.05) is 5.57 Å². The van der Waals surface area contributed by atoms with Crippen LogP contribution < -0.4 is 0 Å². The third-order valence-electron chi connectivity index (χ3n) is 12.0. The normalized spacial score (nSPS) is 44.3. The molecule has 0 amide bonds. The first kappa shape index (κ1) is 23.9.